The number of aliphatic hydroxyl groups is 9. The summed E-state index contributed by atoms with van der Waals surface area (Å²) in [7, 11) is 0. The summed E-state index contributed by atoms with van der Waals surface area (Å²) in [6, 6.07) is 0. The summed E-state index contributed by atoms with van der Waals surface area (Å²) in [5.74, 6) is -5.74. The van der Waals surface area contributed by atoms with E-state index in [0.717, 1.165) is 22.3 Å². The molecule has 0 unspecified atom stereocenters. The Morgan fingerprint density at radius 2 is 0.656 bits per heavy atom. The average molecular weight is 1310 g/mol. The van der Waals surface area contributed by atoms with Crippen LogP contribution < -0.4 is 22.2 Å². The summed E-state index contributed by atoms with van der Waals surface area (Å²) in [6.07, 6.45) is 9.22. The van der Waals surface area contributed by atoms with E-state index < -0.39 is 60.8 Å². The number of hydrogen-bond donors (Lipinski definition) is 21. The highest BCUT2D eigenvalue weighted by molar-refractivity contribution is 5.89. The molecule has 12 rings (SSSR count). The molecule has 0 aromatic carbocycles. The molecular weight excluding hydrogens is 1230 g/mol. The molecule has 93 heavy (non-hydrogen) atoms. The van der Waals surface area contributed by atoms with E-state index in [1.54, 1.807) is 24.8 Å². The van der Waals surface area contributed by atoms with Crippen molar-refractivity contribution in [3.8, 4) is 0 Å². The third kappa shape index (κ3) is 19.2. The minimum atomic E-state index is -1.79. The van der Waals surface area contributed by atoms with E-state index in [2.05, 4.69) is 79.4 Å². The maximum Gasteiger partial charge on any atom is 0.333 e. The minimum absolute atomic E-state index is 0.0104. The highest BCUT2D eigenvalue weighted by atomic mass is 16.4. The summed E-state index contributed by atoms with van der Waals surface area (Å²) in [5, 5.41) is 115. The Morgan fingerprint density at radius 3 is 0.828 bits per heavy atom. The van der Waals surface area contributed by atoms with Gasteiger partial charge in [0.05, 0.1) is 78.2 Å². The number of nitrogens with one attached hydrogen (secondary N) is 8. The van der Waals surface area contributed by atoms with Gasteiger partial charge in [-0.25, -0.2) is 34.3 Å². The summed E-state index contributed by atoms with van der Waals surface area (Å²) in [6.45, 7) is 7.06. The third-order valence-corrected chi connectivity index (χ3v) is 15.7. The van der Waals surface area contributed by atoms with Crippen LogP contribution in [0.3, 0.4) is 0 Å². The largest absolute Gasteiger partial charge is 0.481 e. The van der Waals surface area contributed by atoms with Crippen LogP contribution in [0.5, 0.6) is 0 Å². The first-order chi connectivity index (χ1) is 44.4. The zero-order valence-electron chi connectivity index (χ0n) is 49.6. The molecule has 0 saturated carbocycles. The highest BCUT2D eigenvalue weighted by Crippen LogP contribution is 2.25. The van der Waals surface area contributed by atoms with E-state index >= 15 is 0 Å². The summed E-state index contributed by atoms with van der Waals surface area (Å²) < 4.78 is 0. The van der Waals surface area contributed by atoms with Crippen LogP contribution in [0.2, 0.25) is 0 Å². The highest BCUT2D eigenvalue weighted by Gasteiger charge is 2.34. The van der Waals surface area contributed by atoms with Crippen LogP contribution in [0, 0.1) is 23.7 Å². The Kier molecular flexibility index (Phi) is 25.6. The lowest BCUT2D eigenvalue weighted by molar-refractivity contribution is -0.152. The molecule has 8 aromatic rings. The van der Waals surface area contributed by atoms with Crippen LogP contribution >= 0.6 is 0 Å². The van der Waals surface area contributed by atoms with Gasteiger partial charge in [-0.15, -0.1) is 0 Å². The third-order valence-electron chi connectivity index (χ3n) is 15.7. The lowest BCUT2D eigenvalue weighted by Crippen LogP contribution is -2.22. The SMILES string of the molecule is O=C(O)/C=C/C(=O)O.O=C(O)C[C@H](O)C(=O)O.O=c1[nH]cnc2c(CN3C[C@H](CO)[C@@H](O)C3)c[nH]c12.O=c1[nH]cnc2c(CN3C[C@H](CO)[C@@H](O)C3)c[nH]c12.O=c1[nH]cnc2c(CN3C[C@H](CO)[C@@H](O)C3)c[nH]c12.O=c1[nH]cnc2c(CN3C[C@H](CO)[C@@H](O)C3)c[nH]c12. The van der Waals surface area contributed by atoms with E-state index in [1.807, 2.05) is 0 Å². The first kappa shape index (κ1) is 71.2. The number of hydrogen-bond acceptors (Lipinski definition) is 25. The van der Waals surface area contributed by atoms with Gasteiger partial charge in [-0.3, -0.25) is 43.6 Å². The van der Waals surface area contributed by atoms with Gasteiger partial charge < -0.3 is 106 Å². The number of aliphatic carboxylic acids is 4. The first-order valence-corrected chi connectivity index (χ1v) is 28.9. The second-order valence-corrected chi connectivity index (χ2v) is 22.4. The summed E-state index contributed by atoms with van der Waals surface area (Å²) in [4.78, 5) is 131. The molecular formula is C56H74N16O21. The van der Waals surface area contributed by atoms with E-state index in [0.29, 0.717) is 135 Å². The fourth-order valence-corrected chi connectivity index (χ4v) is 10.9. The molecule has 0 radical (unpaired) electrons. The van der Waals surface area contributed by atoms with Crippen molar-refractivity contribution in [1.82, 2.24) is 79.4 Å². The molecule has 4 aliphatic rings. The number of nitrogens with zero attached hydrogens (tertiary/aromatic N) is 8. The standard InChI is InChI=1S/4C12H16N4O3.C4H6O5.C4H4O4/c4*17-5-8-3-16(4-9(8)18)2-7-1-13-11-10(7)14-6-15-12(11)19;5-2(4(8)9)1-3(6)7;5-3(6)1-2-4(7)8/h4*1,6,8-9,13,17-18H,2-5H2,(H,14,15,19);2,5H,1H2,(H,6,7)(H,8,9);1-2H,(H,5,6)(H,7,8)/b;;;;;2-1+/t4*8-,9+;2-;/m11110./s1. The molecule has 37 heteroatoms. The number of aromatic amines is 8. The quantitative estimate of drug-likeness (QED) is 0.0379. The maximum atomic E-state index is 11.6. The van der Waals surface area contributed by atoms with Gasteiger partial charge in [-0.2, -0.15) is 0 Å². The number of rotatable bonds is 17. The summed E-state index contributed by atoms with van der Waals surface area (Å²) >= 11 is 0. The van der Waals surface area contributed by atoms with Gasteiger partial charge in [0.15, 0.2) is 6.10 Å². The van der Waals surface area contributed by atoms with E-state index in [-0.39, 0.29) is 72.3 Å². The maximum absolute atomic E-state index is 11.6. The average Bonchev–Trinajstić information content (AvgIpc) is 1.70. The Labute approximate surface area is 523 Å². The molecule has 504 valence electrons. The number of aromatic nitrogens is 12. The number of fused-ring (bicyclic) bond motifs is 4. The second kappa shape index (κ2) is 33.4. The molecule has 0 bridgehead atoms. The predicted molar refractivity (Wildman–Crippen MR) is 325 cm³/mol. The van der Waals surface area contributed by atoms with Crippen molar-refractivity contribution >= 4 is 68.0 Å². The van der Waals surface area contributed by atoms with Crippen molar-refractivity contribution in [2.45, 2.75) is 63.1 Å². The van der Waals surface area contributed by atoms with Crippen LogP contribution in [-0.4, -0.2) is 279 Å². The van der Waals surface area contributed by atoms with Gasteiger partial charge >= 0.3 is 23.9 Å². The Morgan fingerprint density at radius 1 is 0.419 bits per heavy atom. The Bertz CT molecular complexity index is 3600. The van der Waals surface area contributed by atoms with Crippen molar-refractivity contribution in [2.75, 3.05) is 78.8 Å². The number of aliphatic hydroxyl groups excluding tert-OH is 9. The lowest BCUT2D eigenvalue weighted by atomic mass is 10.1. The van der Waals surface area contributed by atoms with Gasteiger partial charge in [0.2, 0.25) is 0 Å². The lowest BCUT2D eigenvalue weighted by Gasteiger charge is -2.13. The topological polar surface area (TPSA) is 590 Å². The Hall–Kier alpha value is -9.22. The summed E-state index contributed by atoms with van der Waals surface area (Å²) in [5.41, 5.74) is 7.44. The van der Waals surface area contributed by atoms with Crippen LogP contribution in [0.25, 0.3) is 44.1 Å². The van der Waals surface area contributed by atoms with Crippen molar-refractivity contribution < 1.29 is 85.6 Å². The molecule has 9 atom stereocenters. The number of likely N-dealkylation sites (tertiary alicyclic amines) is 4. The van der Waals surface area contributed by atoms with Gasteiger partial charge in [0.1, 0.15) is 22.1 Å². The van der Waals surface area contributed by atoms with Crippen molar-refractivity contribution in [1.29, 1.82) is 0 Å². The molecule has 0 aliphatic carbocycles. The molecule has 4 aliphatic heterocycles. The predicted octanol–water partition coefficient (Wildman–Crippen LogP) is -5.24. The number of carboxylic acids is 4. The Balaban J connectivity index is 0.000000162. The number of carboxylic acid groups (broad SMARTS) is 4. The van der Waals surface area contributed by atoms with Crippen molar-refractivity contribution in [3.05, 3.63) is 126 Å². The van der Waals surface area contributed by atoms with Crippen LogP contribution in [0.15, 0.2) is 81.4 Å². The second-order valence-electron chi connectivity index (χ2n) is 22.4. The van der Waals surface area contributed by atoms with Gasteiger partial charge in [-0.05, 0) is 0 Å². The molecule has 37 nitrogen and oxygen atoms in total. The van der Waals surface area contributed by atoms with Crippen molar-refractivity contribution in [2.24, 2.45) is 23.7 Å². The van der Waals surface area contributed by atoms with E-state index in [1.165, 1.54) is 25.3 Å². The number of H-pyrrole nitrogens is 8. The van der Waals surface area contributed by atoms with Gasteiger partial charge in [-0.1, -0.05) is 0 Å². The smallest absolute Gasteiger partial charge is 0.333 e. The van der Waals surface area contributed by atoms with Gasteiger partial charge in [0.25, 0.3) is 22.2 Å². The van der Waals surface area contributed by atoms with Gasteiger partial charge in [0, 0.05) is 188 Å². The first-order valence-electron chi connectivity index (χ1n) is 28.9. The zero-order valence-corrected chi connectivity index (χ0v) is 49.6. The zero-order chi connectivity index (χ0) is 67.6. The molecule has 12 heterocycles. The number of carbonyl (C=O) groups is 4. The molecule has 4 saturated heterocycles. The van der Waals surface area contributed by atoms with Crippen LogP contribution in [-0.2, 0) is 45.4 Å². The van der Waals surface area contributed by atoms with E-state index in [9.17, 15) is 58.8 Å². The molecule has 21 N–H and O–H groups in total. The van der Waals surface area contributed by atoms with Crippen LogP contribution in [0.4, 0.5) is 0 Å². The fourth-order valence-electron chi connectivity index (χ4n) is 10.9. The monoisotopic (exact) mass is 1310 g/mol. The normalized spacial score (nSPS) is 21.9. The van der Waals surface area contributed by atoms with E-state index in [4.69, 9.17) is 46.0 Å². The van der Waals surface area contributed by atoms with Crippen molar-refractivity contribution in [3.63, 3.8) is 0 Å². The molecule has 0 amide bonds. The fraction of sp³-hybridized carbons (Fsp3) is 0.464. The molecule has 4 fully saturated rings. The van der Waals surface area contributed by atoms with Crippen LogP contribution in [0.1, 0.15) is 28.7 Å². The molecule has 0 spiro atoms. The molecule has 8 aromatic heterocycles. The number of β-amino-alcohol motifs (C(OH)–C–C–N with tert-alkyl or cyclic N) is 4. The minimum Gasteiger partial charge on any atom is -0.481 e.